The Bertz CT molecular complexity index is 1180. The number of nitrogens with zero attached hydrogens (tertiary/aromatic N) is 1. The average Bonchev–Trinajstić information content (AvgIpc) is 2.79. The fourth-order valence-corrected chi connectivity index (χ4v) is 5.65. The lowest BCUT2D eigenvalue weighted by Crippen LogP contribution is -2.46. The summed E-state index contributed by atoms with van der Waals surface area (Å²) < 4.78 is 28.6. The summed E-state index contributed by atoms with van der Waals surface area (Å²) in [5.74, 6) is -0.399. The van der Waals surface area contributed by atoms with E-state index in [4.69, 9.17) is 0 Å². The maximum Gasteiger partial charge on any atom is 0.255 e. The van der Waals surface area contributed by atoms with Crippen LogP contribution in [0.3, 0.4) is 0 Å². The molecule has 0 atom stereocenters. The molecular weight excluding hydrogens is 504 g/mol. The molecule has 0 aromatic heterocycles. The summed E-state index contributed by atoms with van der Waals surface area (Å²) in [5.41, 5.74) is 0.700. The van der Waals surface area contributed by atoms with Crippen molar-refractivity contribution >= 4 is 37.5 Å². The van der Waals surface area contributed by atoms with Crippen molar-refractivity contribution in [1.82, 2.24) is 4.31 Å². The van der Waals surface area contributed by atoms with Crippen LogP contribution in [-0.4, -0.2) is 42.4 Å². The lowest BCUT2D eigenvalue weighted by Gasteiger charge is -2.37. The number of aliphatic hydroxyl groups is 1. The van der Waals surface area contributed by atoms with Crippen LogP contribution in [0.2, 0.25) is 0 Å². The molecule has 0 bridgehead atoms. The summed E-state index contributed by atoms with van der Waals surface area (Å²) in [6.07, 6.45) is 6.10. The number of hydrogen-bond acceptors (Lipinski definition) is 4. The zero-order chi connectivity index (χ0) is 24.1. The molecular formula is C25H27BrN2O4S. The Kier molecular flexibility index (Phi) is 8.07. The van der Waals surface area contributed by atoms with E-state index in [1.54, 1.807) is 48.6 Å². The number of nitrogens with one attached hydrogen (secondary N) is 1. The van der Waals surface area contributed by atoms with E-state index in [0.29, 0.717) is 24.9 Å². The van der Waals surface area contributed by atoms with Crippen molar-refractivity contribution in [3.63, 3.8) is 0 Å². The molecule has 0 spiro atoms. The van der Waals surface area contributed by atoms with Crippen LogP contribution in [0, 0.1) is 0 Å². The van der Waals surface area contributed by atoms with E-state index < -0.39 is 21.5 Å². The van der Waals surface area contributed by atoms with Crippen LogP contribution in [0.25, 0.3) is 0 Å². The van der Waals surface area contributed by atoms with Crippen LogP contribution in [0.15, 0.2) is 94.9 Å². The minimum absolute atomic E-state index is 0.0492. The number of amides is 1. The summed E-state index contributed by atoms with van der Waals surface area (Å²) >= 11 is 3.36. The molecule has 1 heterocycles. The second kappa shape index (κ2) is 10.6. The summed E-state index contributed by atoms with van der Waals surface area (Å²) in [6.45, 7) is 7.79. The SMILES string of the molecule is C=C/C=C(\C=C)CC1(O)CCN(S(=O)(=O)c2cccc(C(=O)Nc3cccc(Br)c3)c2)CC1. The molecule has 0 aliphatic carbocycles. The molecule has 1 fully saturated rings. The summed E-state index contributed by atoms with van der Waals surface area (Å²) in [6, 6.07) is 13.1. The Hall–Kier alpha value is -2.52. The zero-order valence-electron chi connectivity index (χ0n) is 18.2. The van der Waals surface area contributed by atoms with Crippen LogP contribution in [0.5, 0.6) is 0 Å². The molecule has 1 saturated heterocycles. The standard InChI is InChI=1S/C25H27BrN2O4S/c1-3-7-19(4-2)18-25(30)12-14-28(15-13-25)33(31,32)23-11-5-8-20(16-23)24(29)27-22-10-6-9-21(26)17-22/h3-11,16-17,30H,1-2,12-15,18H2,(H,27,29)/b19-7+. The first kappa shape index (κ1) is 25.1. The quantitative estimate of drug-likeness (QED) is 0.475. The molecule has 0 radical (unpaired) electrons. The van der Waals surface area contributed by atoms with E-state index in [1.807, 2.05) is 6.07 Å². The van der Waals surface area contributed by atoms with E-state index in [-0.39, 0.29) is 23.5 Å². The maximum absolute atomic E-state index is 13.2. The van der Waals surface area contributed by atoms with Gasteiger partial charge in [0.05, 0.1) is 10.5 Å². The Morgan fingerprint density at radius 1 is 1.15 bits per heavy atom. The number of halogens is 1. The highest BCUT2D eigenvalue weighted by atomic mass is 79.9. The molecule has 33 heavy (non-hydrogen) atoms. The molecule has 2 aromatic carbocycles. The predicted octanol–water partition coefficient (Wildman–Crippen LogP) is 4.91. The number of sulfonamides is 1. The van der Waals surface area contributed by atoms with Gasteiger partial charge in [0.1, 0.15) is 0 Å². The molecule has 0 unspecified atom stereocenters. The first-order valence-electron chi connectivity index (χ1n) is 10.5. The fraction of sp³-hybridized carbons (Fsp3) is 0.240. The number of carbonyl (C=O) groups is 1. The van der Waals surface area contributed by atoms with E-state index in [0.717, 1.165) is 10.0 Å². The lowest BCUT2D eigenvalue weighted by atomic mass is 9.86. The third-order valence-electron chi connectivity index (χ3n) is 5.60. The van der Waals surface area contributed by atoms with Gasteiger partial charge >= 0.3 is 0 Å². The first-order valence-corrected chi connectivity index (χ1v) is 12.7. The van der Waals surface area contributed by atoms with Gasteiger partial charge in [0.25, 0.3) is 5.91 Å². The lowest BCUT2D eigenvalue weighted by molar-refractivity contribution is -0.00368. The highest BCUT2D eigenvalue weighted by molar-refractivity contribution is 9.10. The Morgan fingerprint density at radius 3 is 2.48 bits per heavy atom. The number of hydrogen-bond donors (Lipinski definition) is 2. The summed E-state index contributed by atoms with van der Waals surface area (Å²) in [7, 11) is -3.81. The minimum atomic E-state index is -3.81. The van der Waals surface area contributed by atoms with Crippen molar-refractivity contribution < 1.29 is 18.3 Å². The van der Waals surface area contributed by atoms with Crippen LogP contribution in [0.4, 0.5) is 5.69 Å². The van der Waals surface area contributed by atoms with Crippen molar-refractivity contribution in [2.24, 2.45) is 0 Å². The van der Waals surface area contributed by atoms with Gasteiger partial charge in [-0.2, -0.15) is 4.31 Å². The number of rotatable bonds is 8. The zero-order valence-corrected chi connectivity index (χ0v) is 20.6. The molecule has 1 aliphatic rings. The Balaban J connectivity index is 1.72. The van der Waals surface area contributed by atoms with Crippen LogP contribution >= 0.6 is 15.9 Å². The van der Waals surface area contributed by atoms with Gasteiger partial charge in [0.15, 0.2) is 0 Å². The Labute approximate surface area is 203 Å². The average molecular weight is 531 g/mol. The topological polar surface area (TPSA) is 86.7 Å². The van der Waals surface area contributed by atoms with Crippen molar-refractivity contribution in [3.8, 4) is 0 Å². The van der Waals surface area contributed by atoms with Gasteiger partial charge in [-0.15, -0.1) is 0 Å². The smallest absolute Gasteiger partial charge is 0.255 e. The molecule has 2 aromatic rings. The largest absolute Gasteiger partial charge is 0.389 e. The van der Waals surface area contributed by atoms with Crippen LogP contribution in [0.1, 0.15) is 29.6 Å². The van der Waals surface area contributed by atoms with Gasteiger partial charge in [-0.3, -0.25) is 4.79 Å². The molecule has 3 rings (SSSR count). The van der Waals surface area contributed by atoms with Crippen molar-refractivity contribution in [2.45, 2.75) is 29.8 Å². The van der Waals surface area contributed by atoms with Crippen LogP contribution in [-0.2, 0) is 10.0 Å². The van der Waals surface area contributed by atoms with Gasteiger partial charge < -0.3 is 10.4 Å². The molecule has 0 saturated carbocycles. The van der Waals surface area contributed by atoms with Gasteiger partial charge in [-0.1, -0.05) is 59.4 Å². The molecule has 1 aliphatic heterocycles. The van der Waals surface area contributed by atoms with Crippen molar-refractivity contribution in [1.29, 1.82) is 0 Å². The second-order valence-electron chi connectivity index (χ2n) is 7.98. The number of benzene rings is 2. The number of allylic oxidation sites excluding steroid dienone is 3. The number of anilines is 1. The summed E-state index contributed by atoms with van der Waals surface area (Å²) in [5, 5.41) is 13.7. The predicted molar refractivity (Wildman–Crippen MR) is 135 cm³/mol. The van der Waals surface area contributed by atoms with Crippen molar-refractivity contribution in [2.75, 3.05) is 18.4 Å². The number of piperidine rings is 1. The van der Waals surface area contributed by atoms with E-state index in [2.05, 4.69) is 34.4 Å². The minimum Gasteiger partial charge on any atom is -0.389 e. The van der Waals surface area contributed by atoms with Gasteiger partial charge in [-0.25, -0.2) is 8.42 Å². The van der Waals surface area contributed by atoms with Crippen LogP contribution < -0.4 is 5.32 Å². The first-order chi connectivity index (χ1) is 15.7. The fourth-order valence-electron chi connectivity index (χ4n) is 3.77. The third kappa shape index (κ3) is 6.29. The third-order valence-corrected chi connectivity index (χ3v) is 7.98. The summed E-state index contributed by atoms with van der Waals surface area (Å²) in [4.78, 5) is 12.7. The van der Waals surface area contributed by atoms with E-state index >= 15 is 0 Å². The molecule has 2 N–H and O–H groups in total. The van der Waals surface area contributed by atoms with Gasteiger partial charge in [0.2, 0.25) is 10.0 Å². The molecule has 8 heteroatoms. The van der Waals surface area contributed by atoms with E-state index in [1.165, 1.54) is 16.4 Å². The number of carbonyl (C=O) groups excluding carboxylic acids is 1. The highest BCUT2D eigenvalue weighted by Crippen LogP contribution is 2.32. The molecule has 1 amide bonds. The normalized spacial score (nSPS) is 16.7. The Morgan fingerprint density at radius 2 is 1.85 bits per heavy atom. The van der Waals surface area contributed by atoms with Gasteiger partial charge in [0, 0.05) is 35.2 Å². The van der Waals surface area contributed by atoms with Crippen molar-refractivity contribution in [3.05, 3.63) is 95.5 Å². The second-order valence-corrected chi connectivity index (χ2v) is 10.8. The molecule has 174 valence electrons. The molecule has 6 nitrogen and oxygen atoms in total. The van der Waals surface area contributed by atoms with E-state index in [9.17, 15) is 18.3 Å². The monoisotopic (exact) mass is 530 g/mol. The highest BCUT2D eigenvalue weighted by Gasteiger charge is 2.37. The maximum atomic E-state index is 13.2. The van der Waals surface area contributed by atoms with Gasteiger partial charge in [-0.05, 0) is 54.8 Å².